The van der Waals surface area contributed by atoms with Crippen LogP contribution in [0.1, 0.15) is 83.1 Å². The summed E-state index contributed by atoms with van der Waals surface area (Å²) in [7, 11) is -15.4. The Balaban J connectivity index is 0. The van der Waals surface area contributed by atoms with E-state index in [4.69, 9.17) is 20.1 Å². The fourth-order valence-electron chi connectivity index (χ4n) is 5.42. The first-order valence-corrected chi connectivity index (χ1v) is 30.2. The summed E-state index contributed by atoms with van der Waals surface area (Å²) in [6.45, 7) is 15.6. The topological polar surface area (TPSA) is 339 Å². The zero-order valence-electron chi connectivity index (χ0n) is 51.3. The van der Waals surface area contributed by atoms with Crippen molar-refractivity contribution < 1.29 is 123 Å². The second kappa shape index (κ2) is 37.5. The highest BCUT2D eigenvalue weighted by atomic mass is 32.2. The number of benzene rings is 6. The molecule has 0 radical (unpaired) electrons. The number of fused-ring (bicyclic) bond motifs is 3. The molecule has 30 heteroatoms. The lowest BCUT2D eigenvalue weighted by Gasteiger charge is -2.25. The van der Waals surface area contributed by atoms with Crippen molar-refractivity contribution in [2.45, 2.75) is 134 Å². The summed E-state index contributed by atoms with van der Waals surface area (Å²) >= 11 is 0. The Morgan fingerprint density at radius 2 is 0.584 bits per heavy atom. The number of halogens is 6. The SMILES string of the molecule is CC(C)(C)O.CC(C)(C)O.CC(C)(C)O.CC(OC(=O)COc1ccccc1)C(F)(F)S(=O)(=O)[O-].COCC(=O)OC(C)C(F)(F)S(=O)(=O)[O-].COCC(=O)OC(C)C(F)(F)S(=O)(=O)[O-].c1ccc2cc3ccccc3cc2c1.c1ccc2ccccc2c1. The van der Waals surface area contributed by atoms with Gasteiger partial charge in [0.05, 0.1) is 16.8 Å². The Hall–Kier alpha value is -6.58. The fourth-order valence-corrected chi connectivity index (χ4v) is 6.78. The molecule has 3 N–H and O–H groups in total. The number of hydrogen-bond donors (Lipinski definition) is 3. The van der Waals surface area contributed by atoms with Gasteiger partial charge in [-0.2, -0.15) is 26.3 Å². The molecule has 0 aliphatic rings. The Morgan fingerprint density at radius 1 is 0.393 bits per heavy atom. The van der Waals surface area contributed by atoms with Crippen LogP contribution >= 0.6 is 0 Å². The van der Waals surface area contributed by atoms with Crippen LogP contribution in [0.4, 0.5) is 26.3 Å². The van der Waals surface area contributed by atoms with Gasteiger partial charge in [-0.15, -0.1) is 0 Å². The van der Waals surface area contributed by atoms with Crippen LogP contribution in [0.25, 0.3) is 32.3 Å². The van der Waals surface area contributed by atoms with Crippen LogP contribution < -0.4 is 4.74 Å². The maximum absolute atomic E-state index is 13.0. The average Bonchev–Trinajstić information content (AvgIpc) is 1.82. The molecule has 0 heterocycles. The monoisotopic (exact) mass is 1330 g/mol. The van der Waals surface area contributed by atoms with Gasteiger partial charge >= 0.3 is 33.7 Å². The summed E-state index contributed by atoms with van der Waals surface area (Å²) in [6, 6.07) is 46.1. The van der Waals surface area contributed by atoms with E-state index in [0.29, 0.717) is 26.5 Å². The number of hydrogen-bond acceptors (Lipinski definition) is 21. The van der Waals surface area contributed by atoms with Crippen molar-refractivity contribution in [3.63, 3.8) is 0 Å². The minimum atomic E-state index is -5.92. The van der Waals surface area contributed by atoms with Crippen molar-refractivity contribution in [2.75, 3.05) is 34.0 Å². The molecule has 3 atom stereocenters. The standard InChI is InChI=1S/C14H10.C11H12F2O6S.C10H8.2C6H10F2O6S.3C4H10O/c1-2-6-12-10-14-8-4-3-7-13(14)9-11(12)5-1;1-8(11(12,13)20(15,16)17)19-10(14)7-18-9-5-3-2-4-6-9;1-2-6-10-8-4-3-7-9(10)5-1;2*1-4(14-5(9)3-13-2)6(7,8)15(10,11)12;3*1-4(2,3)5/h1-10H;2-6,8H,7H2,1H3,(H,15,16,17);1-8H;2*4H,3H2,1-2H3,(H,10,11,12);3*5H,1-3H3/p-3. The first kappa shape index (κ1) is 84.5. The van der Waals surface area contributed by atoms with Gasteiger partial charge in [0.2, 0.25) is 0 Å². The Bertz CT molecular complexity index is 3150. The highest BCUT2D eigenvalue weighted by Crippen LogP contribution is 2.29. The molecule has 89 heavy (non-hydrogen) atoms. The van der Waals surface area contributed by atoms with Crippen LogP contribution in [-0.2, 0) is 68.4 Å². The number of carbonyl (C=O) groups excluding carboxylic acids is 3. The highest BCUT2D eigenvalue weighted by Gasteiger charge is 2.48. The second-order valence-corrected chi connectivity index (χ2v) is 25.7. The van der Waals surface area contributed by atoms with E-state index >= 15 is 0 Å². The third-order valence-corrected chi connectivity index (χ3v) is 12.2. The van der Waals surface area contributed by atoms with Gasteiger partial charge in [0.1, 0.15) is 19.0 Å². The van der Waals surface area contributed by atoms with Gasteiger partial charge < -0.3 is 57.4 Å². The second-order valence-electron chi connectivity index (χ2n) is 21.3. The van der Waals surface area contributed by atoms with E-state index < -0.39 is 119 Å². The molecule has 6 aromatic carbocycles. The van der Waals surface area contributed by atoms with E-state index in [0.717, 1.165) is 14.2 Å². The van der Waals surface area contributed by atoms with Crippen molar-refractivity contribution in [1.29, 1.82) is 0 Å². The third-order valence-electron chi connectivity index (χ3n) is 9.24. The predicted molar refractivity (Wildman–Crippen MR) is 318 cm³/mol. The van der Waals surface area contributed by atoms with Gasteiger partial charge in [-0.3, -0.25) is 0 Å². The number of carbonyl (C=O) groups is 3. The number of esters is 3. The largest absolute Gasteiger partial charge is 0.743 e. The maximum Gasteiger partial charge on any atom is 0.370 e. The lowest BCUT2D eigenvalue weighted by molar-refractivity contribution is -0.164. The molecule has 6 rings (SSSR count). The van der Waals surface area contributed by atoms with E-state index in [-0.39, 0.29) is 0 Å². The molecule has 0 saturated heterocycles. The number of alkyl halides is 6. The molecule has 0 spiro atoms. The summed E-state index contributed by atoms with van der Waals surface area (Å²) in [5, 5.41) is 19.4. The first-order valence-electron chi connectivity index (χ1n) is 26.0. The molecular weight excluding hydrogens is 1250 g/mol. The molecule has 502 valence electrons. The van der Waals surface area contributed by atoms with Gasteiger partial charge in [-0.25, -0.2) is 39.6 Å². The first-order chi connectivity index (χ1) is 40.3. The van der Waals surface area contributed by atoms with Crippen LogP contribution in [0.3, 0.4) is 0 Å². The number of rotatable bonds is 16. The molecule has 3 unspecified atom stereocenters. The van der Waals surface area contributed by atoms with E-state index in [9.17, 15) is 79.6 Å². The van der Waals surface area contributed by atoms with Crippen LogP contribution in [0.2, 0.25) is 0 Å². The summed E-state index contributed by atoms with van der Waals surface area (Å²) in [4.78, 5) is 32.5. The van der Waals surface area contributed by atoms with Gasteiger partial charge in [0, 0.05) is 14.2 Å². The molecule has 21 nitrogen and oxygen atoms in total. The molecular formula is C59H77F6O21S3-3. The fraction of sp³-hybridized carbons (Fsp3) is 0.441. The molecule has 0 aliphatic carbocycles. The third kappa shape index (κ3) is 37.2. The molecule has 0 fully saturated rings. The van der Waals surface area contributed by atoms with Crippen molar-refractivity contribution in [3.8, 4) is 5.75 Å². The van der Waals surface area contributed by atoms with E-state index in [1.165, 1.54) is 44.5 Å². The number of methoxy groups -OCH3 is 2. The molecule has 0 aromatic heterocycles. The normalized spacial score (nSPS) is 12.9. The molecule has 0 amide bonds. The van der Waals surface area contributed by atoms with E-state index in [1.807, 2.05) is 0 Å². The number of aliphatic hydroxyl groups is 3. The van der Waals surface area contributed by atoms with Crippen LogP contribution in [-0.4, -0.2) is 157 Å². The van der Waals surface area contributed by atoms with Crippen LogP contribution in [0.5, 0.6) is 5.75 Å². The summed E-state index contributed by atoms with van der Waals surface area (Å²) in [6.07, 6.45) is -7.12. The molecule has 0 bridgehead atoms. The van der Waals surface area contributed by atoms with E-state index in [1.54, 1.807) is 80.5 Å². The minimum absolute atomic E-state index is 0.306. The smallest absolute Gasteiger partial charge is 0.370 e. The maximum atomic E-state index is 13.0. The Morgan fingerprint density at radius 3 is 0.787 bits per heavy atom. The summed E-state index contributed by atoms with van der Waals surface area (Å²) in [5.41, 5.74) is -1.50. The summed E-state index contributed by atoms with van der Waals surface area (Å²) in [5.74, 6) is -3.29. The number of ether oxygens (including phenoxy) is 6. The van der Waals surface area contributed by atoms with Gasteiger partial charge in [-0.1, -0.05) is 115 Å². The average molecular weight is 1330 g/mol. The Kier molecular flexibility index (Phi) is 35.6. The summed E-state index contributed by atoms with van der Waals surface area (Å²) < 4.78 is 194. The van der Waals surface area contributed by atoms with Crippen molar-refractivity contribution >= 4 is 80.6 Å². The van der Waals surface area contributed by atoms with Gasteiger partial charge in [0.25, 0.3) is 0 Å². The van der Waals surface area contributed by atoms with Crippen LogP contribution in [0, 0.1) is 0 Å². The minimum Gasteiger partial charge on any atom is -0.743 e. The molecule has 0 saturated carbocycles. The van der Waals surface area contributed by atoms with Gasteiger partial charge in [0.15, 0.2) is 55.3 Å². The zero-order chi connectivity index (χ0) is 69.6. The lowest BCUT2D eigenvalue weighted by atomic mass is 10.0. The van der Waals surface area contributed by atoms with Gasteiger partial charge in [-0.05, 0) is 140 Å². The molecule has 0 aliphatic heterocycles. The predicted octanol–water partition coefficient (Wildman–Crippen LogP) is 9.70. The van der Waals surface area contributed by atoms with Crippen LogP contribution in [0.15, 0.2) is 140 Å². The van der Waals surface area contributed by atoms with Crippen molar-refractivity contribution in [3.05, 3.63) is 140 Å². The van der Waals surface area contributed by atoms with E-state index in [2.05, 4.69) is 133 Å². The number of para-hydroxylation sites is 1. The quantitative estimate of drug-likeness (QED) is 0.0267. The van der Waals surface area contributed by atoms with Crippen molar-refractivity contribution in [2.24, 2.45) is 0 Å². The zero-order valence-corrected chi connectivity index (χ0v) is 53.8. The highest BCUT2D eigenvalue weighted by molar-refractivity contribution is 7.87. The Labute approximate surface area is 515 Å². The van der Waals surface area contributed by atoms with Crippen molar-refractivity contribution in [1.82, 2.24) is 0 Å². The lowest BCUT2D eigenvalue weighted by Crippen LogP contribution is -2.42. The molecule has 6 aromatic rings.